The van der Waals surface area contributed by atoms with Gasteiger partial charge >= 0.3 is 0 Å². The summed E-state index contributed by atoms with van der Waals surface area (Å²) in [5.74, 6) is 2.77. The fourth-order valence-electron chi connectivity index (χ4n) is 3.31. The third kappa shape index (κ3) is 5.25. The van der Waals surface area contributed by atoms with Gasteiger partial charge in [-0.3, -0.25) is 0 Å². The van der Waals surface area contributed by atoms with E-state index in [9.17, 15) is 0 Å². The van der Waals surface area contributed by atoms with E-state index in [4.69, 9.17) is 10.7 Å². The first-order valence-corrected chi connectivity index (χ1v) is 10.6. The predicted molar refractivity (Wildman–Crippen MR) is 129 cm³/mol. The maximum absolute atomic E-state index is 5.92. The summed E-state index contributed by atoms with van der Waals surface area (Å²) in [5, 5.41) is 3.31. The quantitative estimate of drug-likeness (QED) is 0.433. The van der Waals surface area contributed by atoms with Crippen LogP contribution in [0.5, 0.6) is 0 Å². The molecule has 3 N–H and O–H groups in total. The van der Waals surface area contributed by atoms with E-state index in [1.165, 1.54) is 5.56 Å². The molecular weight excluding hydrogens is 398 g/mol. The lowest BCUT2D eigenvalue weighted by Gasteiger charge is -2.18. The first kappa shape index (κ1) is 21.4. The summed E-state index contributed by atoms with van der Waals surface area (Å²) in [6, 6.07) is 22.1. The SMILES string of the molecule is C[C@H](N)c1ccc(CCNc2nccc(N(C)c3ccnc(-c4ccccc4)n3)n2)cc1. The molecule has 7 nitrogen and oxygen atoms in total. The lowest BCUT2D eigenvalue weighted by atomic mass is 10.1. The summed E-state index contributed by atoms with van der Waals surface area (Å²) in [6.07, 6.45) is 4.38. The fourth-order valence-corrected chi connectivity index (χ4v) is 3.31. The number of hydrogen-bond acceptors (Lipinski definition) is 7. The van der Waals surface area contributed by atoms with Crippen LogP contribution in [0.4, 0.5) is 17.6 Å². The van der Waals surface area contributed by atoms with Crippen molar-refractivity contribution in [1.29, 1.82) is 0 Å². The molecule has 4 rings (SSSR count). The average molecular weight is 426 g/mol. The molecule has 0 aliphatic carbocycles. The lowest BCUT2D eigenvalue weighted by molar-refractivity contribution is 0.816. The Morgan fingerprint density at radius 1 is 0.875 bits per heavy atom. The second kappa shape index (κ2) is 9.98. The first-order chi connectivity index (χ1) is 15.6. The van der Waals surface area contributed by atoms with Gasteiger partial charge in [0.25, 0.3) is 0 Å². The van der Waals surface area contributed by atoms with E-state index in [0.29, 0.717) is 11.8 Å². The Hall–Kier alpha value is -3.84. The van der Waals surface area contributed by atoms with Crippen molar-refractivity contribution < 1.29 is 0 Å². The molecule has 2 aromatic carbocycles. The van der Waals surface area contributed by atoms with Gasteiger partial charge in [0.15, 0.2) is 5.82 Å². The number of anilines is 3. The number of aromatic nitrogens is 4. The molecule has 0 saturated heterocycles. The summed E-state index contributed by atoms with van der Waals surface area (Å²) in [4.78, 5) is 20.0. The summed E-state index contributed by atoms with van der Waals surface area (Å²) in [6.45, 7) is 2.72. The molecule has 0 amide bonds. The van der Waals surface area contributed by atoms with Gasteiger partial charge in [-0.15, -0.1) is 0 Å². The van der Waals surface area contributed by atoms with Crippen molar-refractivity contribution in [2.45, 2.75) is 19.4 Å². The molecule has 162 valence electrons. The lowest BCUT2D eigenvalue weighted by Crippen LogP contribution is -2.15. The third-order valence-electron chi connectivity index (χ3n) is 5.20. The zero-order chi connectivity index (χ0) is 22.3. The molecule has 0 spiro atoms. The second-order valence-electron chi connectivity index (χ2n) is 7.61. The highest BCUT2D eigenvalue weighted by atomic mass is 15.2. The van der Waals surface area contributed by atoms with E-state index in [1.54, 1.807) is 12.4 Å². The Bertz CT molecular complexity index is 1140. The van der Waals surface area contributed by atoms with Crippen LogP contribution in [0.25, 0.3) is 11.4 Å². The number of nitrogens with one attached hydrogen (secondary N) is 1. The van der Waals surface area contributed by atoms with Crippen LogP contribution in [0.1, 0.15) is 24.1 Å². The monoisotopic (exact) mass is 425 g/mol. The van der Waals surface area contributed by atoms with Gasteiger partial charge in [0.2, 0.25) is 5.95 Å². The van der Waals surface area contributed by atoms with Crippen molar-refractivity contribution in [1.82, 2.24) is 19.9 Å². The van der Waals surface area contributed by atoms with Crippen molar-refractivity contribution in [2.24, 2.45) is 5.73 Å². The molecule has 0 bridgehead atoms. The van der Waals surface area contributed by atoms with E-state index < -0.39 is 0 Å². The molecule has 0 aliphatic heterocycles. The minimum absolute atomic E-state index is 0.0500. The minimum Gasteiger partial charge on any atom is -0.354 e. The van der Waals surface area contributed by atoms with Gasteiger partial charge in [-0.05, 0) is 36.6 Å². The number of benzene rings is 2. The van der Waals surface area contributed by atoms with Crippen LogP contribution < -0.4 is 16.0 Å². The highest BCUT2D eigenvalue weighted by Gasteiger charge is 2.10. The minimum atomic E-state index is 0.0500. The average Bonchev–Trinajstić information content (AvgIpc) is 2.85. The Kier molecular flexibility index (Phi) is 6.67. The van der Waals surface area contributed by atoms with Crippen LogP contribution >= 0.6 is 0 Å². The molecule has 2 aromatic heterocycles. The van der Waals surface area contributed by atoms with Crippen LogP contribution in [0.15, 0.2) is 79.1 Å². The van der Waals surface area contributed by atoms with Gasteiger partial charge in [0.1, 0.15) is 11.6 Å². The van der Waals surface area contributed by atoms with E-state index in [2.05, 4.69) is 44.5 Å². The van der Waals surface area contributed by atoms with Crippen LogP contribution in [-0.2, 0) is 6.42 Å². The van der Waals surface area contributed by atoms with Gasteiger partial charge in [-0.25, -0.2) is 15.0 Å². The van der Waals surface area contributed by atoms with Crippen molar-refractivity contribution in [2.75, 3.05) is 23.8 Å². The highest BCUT2D eigenvalue weighted by molar-refractivity contribution is 5.61. The molecule has 2 heterocycles. The Labute approximate surface area is 188 Å². The highest BCUT2D eigenvalue weighted by Crippen LogP contribution is 2.22. The van der Waals surface area contributed by atoms with Crippen molar-refractivity contribution >= 4 is 17.6 Å². The molecule has 4 aromatic rings. The largest absolute Gasteiger partial charge is 0.354 e. The summed E-state index contributed by atoms with van der Waals surface area (Å²) in [5.41, 5.74) is 9.27. The Morgan fingerprint density at radius 3 is 2.28 bits per heavy atom. The maximum atomic E-state index is 5.92. The number of hydrogen-bond donors (Lipinski definition) is 2. The number of nitrogens with zero attached hydrogens (tertiary/aromatic N) is 5. The number of rotatable bonds is 8. The maximum Gasteiger partial charge on any atom is 0.224 e. The van der Waals surface area contributed by atoms with E-state index in [1.807, 2.05) is 61.3 Å². The molecule has 0 aliphatic rings. The fraction of sp³-hybridized carbons (Fsp3) is 0.200. The Morgan fingerprint density at radius 2 is 1.56 bits per heavy atom. The zero-order valence-corrected chi connectivity index (χ0v) is 18.3. The summed E-state index contributed by atoms with van der Waals surface area (Å²) in [7, 11) is 1.93. The van der Waals surface area contributed by atoms with Crippen molar-refractivity contribution in [3.63, 3.8) is 0 Å². The molecule has 7 heteroatoms. The van der Waals surface area contributed by atoms with Crippen LogP contribution in [0.3, 0.4) is 0 Å². The standard InChI is InChI=1S/C25H27N7/c1-18(26)20-10-8-19(9-11-20)12-15-28-25-29-17-14-23(31-25)32(2)22-13-16-27-24(30-22)21-6-4-3-5-7-21/h3-11,13-14,16-18H,12,15,26H2,1-2H3,(H,28,29,31)/t18-/m0/s1. The molecule has 0 saturated carbocycles. The van der Waals surface area contributed by atoms with E-state index in [0.717, 1.165) is 35.7 Å². The molecule has 0 radical (unpaired) electrons. The summed E-state index contributed by atoms with van der Waals surface area (Å²) < 4.78 is 0. The van der Waals surface area contributed by atoms with Crippen molar-refractivity contribution in [3.05, 3.63) is 90.3 Å². The molecular formula is C25H27N7. The van der Waals surface area contributed by atoms with Crippen LogP contribution in [0.2, 0.25) is 0 Å². The Balaban J connectivity index is 1.41. The third-order valence-corrected chi connectivity index (χ3v) is 5.20. The molecule has 0 unspecified atom stereocenters. The molecule has 1 atom stereocenters. The van der Waals surface area contributed by atoms with Crippen LogP contribution in [0, 0.1) is 0 Å². The smallest absolute Gasteiger partial charge is 0.224 e. The topological polar surface area (TPSA) is 92.8 Å². The van der Waals surface area contributed by atoms with Gasteiger partial charge < -0.3 is 16.0 Å². The van der Waals surface area contributed by atoms with E-state index in [-0.39, 0.29) is 6.04 Å². The number of nitrogens with two attached hydrogens (primary N) is 1. The predicted octanol–water partition coefficient (Wildman–Crippen LogP) is 4.38. The zero-order valence-electron chi connectivity index (χ0n) is 18.3. The molecule has 0 fully saturated rings. The molecule has 32 heavy (non-hydrogen) atoms. The van der Waals surface area contributed by atoms with Gasteiger partial charge in [-0.2, -0.15) is 4.98 Å². The first-order valence-electron chi connectivity index (χ1n) is 10.6. The van der Waals surface area contributed by atoms with Crippen LogP contribution in [-0.4, -0.2) is 33.5 Å². The second-order valence-corrected chi connectivity index (χ2v) is 7.61. The van der Waals surface area contributed by atoms with Crippen molar-refractivity contribution in [3.8, 4) is 11.4 Å². The van der Waals surface area contributed by atoms with E-state index >= 15 is 0 Å². The van der Waals surface area contributed by atoms with Gasteiger partial charge in [0, 0.05) is 37.6 Å². The normalized spacial score (nSPS) is 11.7. The summed E-state index contributed by atoms with van der Waals surface area (Å²) >= 11 is 0. The van der Waals surface area contributed by atoms with Gasteiger partial charge in [0.05, 0.1) is 0 Å². The van der Waals surface area contributed by atoms with Gasteiger partial charge in [-0.1, -0.05) is 54.6 Å².